The molecular weight excluding hydrogens is 203 g/mol. The van der Waals surface area contributed by atoms with Gasteiger partial charge in [0.2, 0.25) is 0 Å². The Balaban J connectivity index is 4.71. The highest BCUT2D eigenvalue weighted by Crippen LogP contribution is 2.48. The van der Waals surface area contributed by atoms with Crippen LogP contribution in [0.1, 0.15) is 13.8 Å². The van der Waals surface area contributed by atoms with Crippen molar-refractivity contribution in [3.8, 4) is 0 Å². The zero-order valence-corrected chi connectivity index (χ0v) is 10.1. The fraction of sp³-hybridized carbons (Fsp3) is 0.750. The predicted molar refractivity (Wildman–Crippen MR) is 56.8 cm³/mol. The summed E-state index contributed by atoms with van der Waals surface area (Å²) in [5.41, 5.74) is 5.73. The number of nitrogens with two attached hydrogens (primary N) is 1. The van der Waals surface area contributed by atoms with Crippen molar-refractivity contribution in [2.24, 2.45) is 5.73 Å². The van der Waals surface area contributed by atoms with E-state index < -0.39 is 7.60 Å². The summed E-state index contributed by atoms with van der Waals surface area (Å²) < 4.78 is 21.2. The lowest BCUT2D eigenvalue weighted by molar-refractivity contribution is 0.284. The van der Waals surface area contributed by atoms with Crippen LogP contribution >= 0.6 is 7.60 Å². The molecule has 0 aromatic rings. The summed E-state index contributed by atoms with van der Waals surface area (Å²) >= 11 is 0. The molecule has 0 rings (SSSR count). The lowest BCUT2D eigenvalue weighted by Crippen LogP contribution is -2.27. The molecule has 0 fully saturated rings. The van der Waals surface area contributed by atoms with E-state index in [4.69, 9.17) is 14.8 Å². The molecule has 0 unspecified atom stereocenters. The Morgan fingerprint density at radius 1 is 1.36 bits per heavy atom. The van der Waals surface area contributed by atoms with Gasteiger partial charge in [-0.15, -0.1) is 0 Å². The summed E-state index contributed by atoms with van der Waals surface area (Å²) in [5, 5.41) is 0. The normalized spacial score (nSPS) is 13.0. The maximum atomic E-state index is 11.7. The Kier molecular flexibility index (Phi) is 5.84. The van der Waals surface area contributed by atoms with E-state index in [1.807, 2.05) is 18.7 Å². The molecular formula is C8H19N2O3P. The van der Waals surface area contributed by atoms with E-state index in [0.29, 0.717) is 5.82 Å². The highest BCUT2D eigenvalue weighted by molar-refractivity contribution is 7.57. The van der Waals surface area contributed by atoms with E-state index in [2.05, 4.69) is 0 Å². The first kappa shape index (κ1) is 13.5. The average molecular weight is 222 g/mol. The topological polar surface area (TPSA) is 64.8 Å². The molecule has 0 aliphatic rings. The van der Waals surface area contributed by atoms with Crippen molar-refractivity contribution in [1.82, 2.24) is 4.90 Å². The number of nitrogens with zero attached hydrogens (tertiary/aromatic N) is 1. The Labute approximate surface area is 85.4 Å². The Morgan fingerprint density at radius 2 is 1.79 bits per heavy atom. The van der Waals surface area contributed by atoms with Crippen LogP contribution in [-0.4, -0.2) is 32.2 Å². The zero-order chi connectivity index (χ0) is 11.2. The molecule has 0 heterocycles. The third-order valence-electron chi connectivity index (χ3n) is 1.93. The van der Waals surface area contributed by atoms with Gasteiger partial charge in [-0.2, -0.15) is 0 Å². The Bertz CT molecular complexity index is 231. The highest BCUT2D eigenvalue weighted by Gasteiger charge is 2.19. The van der Waals surface area contributed by atoms with E-state index in [1.165, 1.54) is 20.0 Å². The molecule has 5 nitrogen and oxygen atoms in total. The molecule has 0 aliphatic heterocycles. The molecule has 0 spiro atoms. The number of hydrogen-bond acceptors (Lipinski definition) is 5. The molecule has 2 N–H and O–H groups in total. The molecule has 0 aliphatic carbocycles. The van der Waals surface area contributed by atoms with Crippen molar-refractivity contribution < 1.29 is 13.6 Å². The van der Waals surface area contributed by atoms with E-state index in [1.54, 1.807) is 0 Å². The summed E-state index contributed by atoms with van der Waals surface area (Å²) in [6, 6.07) is 0. The summed E-state index contributed by atoms with van der Waals surface area (Å²) in [5.74, 6) is 1.75. The highest BCUT2D eigenvalue weighted by atomic mass is 31.2. The first-order chi connectivity index (χ1) is 6.52. The van der Waals surface area contributed by atoms with Crippen molar-refractivity contribution in [3.63, 3.8) is 0 Å². The lowest BCUT2D eigenvalue weighted by atomic mass is 10.5. The van der Waals surface area contributed by atoms with E-state index >= 15 is 0 Å². The fourth-order valence-electron chi connectivity index (χ4n) is 1.01. The zero-order valence-electron chi connectivity index (χ0n) is 9.19. The van der Waals surface area contributed by atoms with Gasteiger partial charge in [-0.1, -0.05) is 0 Å². The van der Waals surface area contributed by atoms with Crippen LogP contribution in [0.3, 0.4) is 0 Å². The Hall–Kier alpha value is -0.510. The second-order valence-electron chi connectivity index (χ2n) is 2.63. The van der Waals surface area contributed by atoms with Crippen LogP contribution in [-0.2, 0) is 13.6 Å². The summed E-state index contributed by atoms with van der Waals surface area (Å²) in [7, 11) is -0.487. The van der Waals surface area contributed by atoms with E-state index in [0.717, 1.165) is 13.1 Å². The van der Waals surface area contributed by atoms with Crippen LogP contribution < -0.4 is 5.73 Å². The summed E-state index contributed by atoms with van der Waals surface area (Å²) in [6.45, 7) is 5.45. The maximum Gasteiger partial charge on any atom is 0.357 e. The Morgan fingerprint density at radius 3 is 2.07 bits per heavy atom. The minimum Gasteiger partial charge on any atom is -0.385 e. The van der Waals surface area contributed by atoms with Crippen LogP contribution in [0.15, 0.2) is 11.6 Å². The van der Waals surface area contributed by atoms with Gasteiger partial charge in [-0.05, 0) is 13.8 Å². The van der Waals surface area contributed by atoms with Gasteiger partial charge in [0.25, 0.3) is 0 Å². The molecule has 0 saturated heterocycles. The first-order valence-corrected chi connectivity index (χ1v) is 6.08. The molecule has 0 aromatic carbocycles. The van der Waals surface area contributed by atoms with Crippen LogP contribution in [0, 0.1) is 0 Å². The number of hydrogen-bond donors (Lipinski definition) is 1. The number of rotatable bonds is 6. The van der Waals surface area contributed by atoms with E-state index in [-0.39, 0.29) is 0 Å². The van der Waals surface area contributed by atoms with Gasteiger partial charge in [0.15, 0.2) is 0 Å². The molecule has 0 atom stereocenters. The van der Waals surface area contributed by atoms with Crippen molar-refractivity contribution >= 4 is 7.60 Å². The van der Waals surface area contributed by atoms with E-state index in [9.17, 15) is 4.57 Å². The van der Waals surface area contributed by atoms with Crippen LogP contribution in [0.4, 0.5) is 0 Å². The van der Waals surface area contributed by atoms with Crippen molar-refractivity contribution in [1.29, 1.82) is 0 Å². The summed E-state index contributed by atoms with van der Waals surface area (Å²) in [6.07, 6.45) is 0. The monoisotopic (exact) mass is 222 g/mol. The minimum absolute atomic E-state index is 0.419. The SMILES string of the molecule is CCN(CC)C(N)=CP(=O)(OC)OC. The van der Waals surface area contributed by atoms with Crippen molar-refractivity contribution in [2.45, 2.75) is 13.8 Å². The summed E-state index contributed by atoms with van der Waals surface area (Å²) in [4.78, 5) is 1.87. The van der Waals surface area contributed by atoms with Crippen LogP contribution in [0.5, 0.6) is 0 Å². The van der Waals surface area contributed by atoms with Gasteiger partial charge < -0.3 is 19.7 Å². The van der Waals surface area contributed by atoms with Crippen molar-refractivity contribution in [3.05, 3.63) is 11.6 Å². The maximum absolute atomic E-state index is 11.7. The van der Waals surface area contributed by atoms with Gasteiger partial charge in [0.1, 0.15) is 5.82 Å². The van der Waals surface area contributed by atoms with Crippen LogP contribution in [0.25, 0.3) is 0 Å². The van der Waals surface area contributed by atoms with Crippen LogP contribution in [0.2, 0.25) is 0 Å². The molecule has 14 heavy (non-hydrogen) atoms. The van der Waals surface area contributed by atoms with Gasteiger partial charge in [0, 0.05) is 27.3 Å². The minimum atomic E-state index is -3.15. The quantitative estimate of drug-likeness (QED) is 0.691. The van der Waals surface area contributed by atoms with Gasteiger partial charge >= 0.3 is 7.60 Å². The first-order valence-electron chi connectivity index (χ1n) is 4.47. The molecule has 0 saturated carbocycles. The smallest absolute Gasteiger partial charge is 0.357 e. The average Bonchev–Trinajstić information content (AvgIpc) is 2.19. The van der Waals surface area contributed by atoms with Gasteiger partial charge in [-0.25, -0.2) is 0 Å². The molecule has 0 aromatic heterocycles. The lowest BCUT2D eigenvalue weighted by Gasteiger charge is -2.22. The molecule has 0 radical (unpaired) electrons. The fourth-order valence-corrected chi connectivity index (χ4v) is 1.86. The predicted octanol–water partition coefficient (Wildman–Crippen LogP) is 1.57. The second-order valence-corrected chi connectivity index (χ2v) is 4.70. The third kappa shape index (κ3) is 3.70. The largest absolute Gasteiger partial charge is 0.385 e. The standard InChI is InChI=1S/C8H19N2O3P/c1-5-10(6-2)8(9)7-14(11,12-3)13-4/h7H,5-6,9H2,1-4H3. The third-order valence-corrected chi connectivity index (χ3v) is 3.53. The van der Waals surface area contributed by atoms with Gasteiger partial charge in [-0.3, -0.25) is 4.57 Å². The second kappa shape index (κ2) is 6.06. The van der Waals surface area contributed by atoms with Crippen molar-refractivity contribution in [2.75, 3.05) is 27.3 Å². The molecule has 0 amide bonds. The molecule has 0 bridgehead atoms. The molecule has 84 valence electrons. The molecule has 6 heteroatoms. The van der Waals surface area contributed by atoms with Gasteiger partial charge in [0.05, 0.1) is 5.82 Å².